The van der Waals surface area contributed by atoms with E-state index in [1.165, 1.54) is 6.07 Å². The molecule has 1 aromatic carbocycles. The van der Waals surface area contributed by atoms with Crippen molar-refractivity contribution in [2.24, 2.45) is 0 Å². The van der Waals surface area contributed by atoms with Crippen LogP contribution in [0.4, 0.5) is 8.78 Å². The van der Waals surface area contributed by atoms with Gasteiger partial charge in [0.2, 0.25) is 0 Å². The van der Waals surface area contributed by atoms with Crippen LogP contribution in [-0.4, -0.2) is 24.5 Å². The predicted molar refractivity (Wildman–Crippen MR) is 80.8 cm³/mol. The van der Waals surface area contributed by atoms with Gasteiger partial charge in [-0.25, -0.2) is 13.8 Å². The number of hydrogen-bond donors (Lipinski definition) is 0. The average molecular weight is 317 g/mol. The molecule has 2 aromatic heterocycles. The molecule has 0 fully saturated rings. The maximum Gasteiger partial charge on any atom is 0.159 e. The van der Waals surface area contributed by atoms with E-state index >= 15 is 0 Å². The first-order valence-corrected chi connectivity index (χ1v) is 7.48. The van der Waals surface area contributed by atoms with Crippen molar-refractivity contribution < 1.29 is 8.78 Å². The maximum atomic E-state index is 13.2. The fourth-order valence-electron chi connectivity index (χ4n) is 2.43. The van der Waals surface area contributed by atoms with Gasteiger partial charge in [0, 0.05) is 25.4 Å². The maximum absolute atomic E-state index is 13.2. The predicted octanol–water partition coefficient (Wildman–Crippen LogP) is 2.61. The summed E-state index contributed by atoms with van der Waals surface area (Å²) in [6.07, 6.45) is 6.97. The highest BCUT2D eigenvalue weighted by molar-refractivity contribution is 5.17. The Morgan fingerprint density at radius 1 is 1.17 bits per heavy atom. The summed E-state index contributed by atoms with van der Waals surface area (Å²) < 4.78 is 29.8. The summed E-state index contributed by atoms with van der Waals surface area (Å²) in [6.45, 7) is 3.23. The summed E-state index contributed by atoms with van der Waals surface area (Å²) >= 11 is 0. The average Bonchev–Trinajstić information content (AvgIpc) is 3.18. The largest absolute Gasteiger partial charge is 0.329 e. The van der Waals surface area contributed by atoms with Gasteiger partial charge in [-0.15, -0.1) is 5.10 Å². The highest BCUT2D eigenvalue weighted by atomic mass is 19.2. The number of aromatic nitrogens is 5. The molecule has 0 atom stereocenters. The summed E-state index contributed by atoms with van der Waals surface area (Å²) in [5.41, 5.74) is 1.56. The molecule has 3 rings (SSSR count). The molecular weight excluding hydrogens is 300 g/mol. The van der Waals surface area contributed by atoms with Crippen LogP contribution in [0.15, 0.2) is 36.8 Å². The van der Waals surface area contributed by atoms with Gasteiger partial charge < -0.3 is 4.57 Å². The van der Waals surface area contributed by atoms with Gasteiger partial charge in [-0.2, -0.15) is 0 Å². The van der Waals surface area contributed by atoms with Crippen LogP contribution in [-0.2, 0) is 25.9 Å². The highest BCUT2D eigenvalue weighted by Gasteiger charge is 2.06. The van der Waals surface area contributed by atoms with Crippen LogP contribution >= 0.6 is 0 Å². The van der Waals surface area contributed by atoms with Gasteiger partial charge in [0.25, 0.3) is 0 Å². The van der Waals surface area contributed by atoms with Crippen molar-refractivity contribution in [1.29, 1.82) is 0 Å². The number of aryl methyl sites for hydroxylation is 3. The topological polar surface area (TPSA) is 48.5 Å². The molecule has 23 heavy (non-hydrogen) atoms. The third kappa shape index (κ3) is 3.61. The van der Waals surface area contributed by atoms with Crippen molar-refractivity contribution in [3.8, 4) is 0 Å². The van der Waals surface area contributed by atoms with E-state index in [0.29, 0.717) is 19.5 Å². The van der Waals surface area contributed by atoms with E-state index in [9.17, 15) is 8.78 Å². The monoisotopic (exact) mass is 317 g/mol. The van der Waals surface area contributed by atoms with Gasteiger partial charge in [0.05, 0.1) is 12.7 Å². The van der Waals surface area contributed by atoms with Gasteiger partial charge in [-0.1, -0.05) is 18.2 Å². The molecular formula is C16H17F2N5. The summed E-state index contributed by atoms with van der Waals surface area (Å²) in [6, 6.07) is 3.93. The van der Waals surface area contributed by atoms with Crippen molar-refractivity contribution in [3.05, 3.63) is 65.5 Å². The molecule has 5 nitrogen and oxygen atoms in total. The summed E-state index contributed by atoms with van der Waals surface area (Å²) in [7, 11) is 0. The Hall–Kier alpha value is -2.57. The van der Waals surface area contributed by atoms with Crippen LogP contribution in [0.2, 0.25) is 0 Å². The van der Waals surface area contributed by atoms with Crippen LogP contribution in [0.1, 0.15) is 24.0 Å². The zero-order chi connectivity index (χ0) is 16.2. The standard InChI is InChI=1S/C16H17F2N5/c1-2-16-19-6-8-22(16)10-13-11-23(21-20-13)7-5-12-3-4-14(17)15(18)9-12/h3-4,6,8-9,11H,2,5,7,10H2,1H3. The molecule has 0 aliphatic carbocycles. The minimum atomic E-state index is -0.830. The molecule has 0 amide bonds. The van der Waals surface area contributed by atoms with Crippen LogP contribution < -0.4 is 0 Å². The fourth-order valence-corrected chi connectivity index (χ4v) is 2.43. The molecule has 0 saturated heterocycles. The zero-order valence-electron chi connectivity index (χ0n) is 12.8. The molecule has 120 valence electrons. The van der Waals surface area contributed by atoms with Gasteiger partial charge >= 0.3 is 0 Å². The van der Waals surface area contributed by atoms with E-state index < -0.39 is 11.6 Å². The molecule has 0 unspecified atom stereocenters. The summed E-state index contributed by atoms with van der Waals surface area (Å²) in [5, 5.41) is 8.21. The quantitative estimate of drug-likeness (QED) is 0.702. The van der Waals surface area contributed by atoms with E-state index in [-0.39, 0.29) is 0 Å². The number of nitrogens with zero attached hydrogens (tertiary/aromatic N) is 5. The van der Waals surface area contributed by atoms with Crippen molar-refractivity contribution in [3.63, 3.8) is 0 Å². The number of imidazole rings is 1. The van der Waals surface area contributed by atoms with Crippen molar-refractivity contribution in [2.45, 2.75) is 32.9 Å². The molecule has 0 bridgehead atoms. The SMILES string of the molecule is CCc1nccn1Cc1cn(CCc2ccc(F)c(F)c2)nn1. The third-order valence-electron chi connectivity index (χ3n) is 3.65. The number of hydrogen-bond acceptors (Lipinski definition) is 3. The second-order valence-electron chi connectivity index (χ2n) is 5.30. The Balaban J connectivity index is 1.62. The van der Waals surface area contributed by atoms with Crippen molar-refractivity contribution in [1.82, 2.24) is 24.5 Å². The first-order valence-electron chi connectivity index (χ1n) is 7.48. The minimum absolute atomic E-state index is 0.558. The van der Waals surface area contributed by atoms with Gasteiger partial charge in [0.1, 0.15) is 11.5 Å². The Bertz CT molecular complexity index is 793. The fraction of sp³-hybridized carbons (Fsp3) is 0.312. The molecule has 0 spiro atoms. The summed E-state index contributed by atoms with van der Waals surface area (Å²) in [4.78, 5) is 4.27. The third-order valence-corrected chi connectivity index (χ3v) is 3.65. The van der Waals surface area contributed by atoms with Gasteiger partial charge in [-0.05, 0) is 24.1 Å². The van der Waals surface area contributed by atoms with E-state index in [1.54, 1.807) is 16.9 Å². The van der Waals surface area contributed by atoms with Crippen LogP contribution in [0, 0.1) is 11.6 Å². The Kier molecular flexibility index (Phi) is 4.45. The molecule has 0 aliphatic rings. The lowest BCUT2D eigenvalue weighted by Gasteiger charge is -2.03. The molecule has 0 aliphatic heterocycles. The van der Waals surface area contributed by atoms with Crippen LogP contribution in [0.3, 0.4) is 0 Å². The molecule has 7 heteroatoms. The number of rotatable bonds is 6. The Labute approximate surface area is 132 Å². The number of halogens is 2. The normalized spacial score (nSPS) is 11.1. The van der Waals surface area contributed by atoms with Crippen LogP contribution in [0.25, 0.3) is 0 Å². The molecule has 0 N–H and O–H groups in total. The smallest absolute Gasteiger partial charge is 0.159 e. The molecule has 0 saturated carbocycles. The second kappa shape index (κ2) is 6.68. The van der Waals surface area contributed by atoms with Crippen molar-refractivity contribution >= 4 is 0 Å². The van der Waals surface area contributed by atoms with E-state index in [2.05, 4.69) is 22.2 Å². The molecule has 0 radical (unpaired) electrons. The first kappa shape index (κ1) is 15.3. The van der Waals surface area contributed by atoms with Crippen LogP contribution in [0.5, 0.6) is 0 Å². The first-order chi connectivity index (χ1) is 11.2. The molecule has 2 heterocycles. The van der Waals surface area contributed by atoms with Gasteiger partial charge in [-0.3, -0.25) is 4.68 Å². The van der Waals surface area contributed by atoms with E-state index in [1.807, 2.05) is 17.0 Å². The molecule has 3 aromatic rings. The summed E-state index contributed by atoms with van der Waals surface area (Å²) in [5.74, 6) is -0.654. The van der Waals surface area contributed by atoms with Gasteiger partial charge in [0.15, 0.2) is 11.6 Å². The lowest BCUT2D eigenvalue weighted by Crippen LogP contribution is -2.04. The number of benzene rings is 1. The van der Waals surface area contributed by atoms with E-state index in [0.717, 1.165) is 29.6 Å². The van der Waals surface area contributed by atoms with E-state index in [4.69, 9.17) is 0 Å². The zero-order valence-corrected chi connectivity index (χ0v) is 12.8. The Morgan fingerprint density at radius 3 is 2.83 bits per heavy atom. The van der Waals surface area contributed by atoms with Crippen molar-refractivity contribution in [2.75, 3.05) is 0 Å². The highest BCUT2D eigenvalue weighted by Crippen LogP contribution is 2.10. The lowest BCUT2D eigenvalue weighted by atomic mass is 10.1. The minimum Gasteiger partial charge on any atom is -0.329 e. The lowest BCUT2D eigenvalue weighted by molar-refractivity contribution is 0.505. The second-order valence-corrected chi connectivity index (χ2v) is 5.30. The Morgan fingerprint density at radius 2 is 2.04 bits per heavy atom.